The first kappa shape index (κ1) is 11.7. The molecule has 0 aromatic carbocycles. The largest absolute Gasteiger partial charge is 0.380 e. The Morgan fingerprint density at radius 1 is 1.43 bits per heavy atom. The Kier molecular flexibility index (Phi) is 4.57. The summed E-state index contributed by atoms with van der Waals surface area (Å²) in [5, 5.41) is 3.12. The third-order valence-corrected chi connectivity index (χ3v) is 3.88. The van der Waals surface area contributed by atoms with Crippen LogP contribution in [0.5, 0.6) is 0 Å². The summed E-state index contributed by atoms with van der Waals surface area (Å²) in [6, 6.07) is 0.142. The summed E-state index contributed by atoms with van der Waals surface area (Å²) in [5.74, 6) is 0.555. The van der Waals surface area contributed by atoms with Crippen molar-refractivity contribution < 1.29 is 13.2 Å². The molecule has 5 heteroatoms. The molecule has 1 rings (SSSR count). The Balaban J connectivity index is 1.88. The number of sulfone groups is 1. The fourth-order valence-electron chi connectivity index (χ4n) is 1.29. The summed E-state index contributed by atoms with van der Waals surface area (Å²) in [5.41, 5.74) is 0. The highest BCUT2D eigenvalue weighted by atomic mass is 32.2. The maximum absolute atomic E-state index is 10.8. The van der Waals surface area contributed by atoms with E-state index in [-0.39, 0.29) is 17.5 Å². The van der Waals surface area contributed by atoms with Gasteiger partial charge in [0.05, 0.1) is 24.7 Å². The Labute approximate surface area is 85.3 Å². The maximum Gasteiger partial charge on any atom is 0.153 e. The zero-order valence-corrected chi connectivity index (χ0v) is 9.05. The second-order valence-corrected chi connectivity index (χ2v) is 5.57. The van der Waals surface area contributed by atoms with E-state index in [9.17, 15) is 8.42 Å². The van der Waals surface area contributed by atoms with Crippen LogP contribution in [0.1, 0.15) is 6.42 Å². The smallest absolute Gasteiger partial charge is 0.153 e. The molecule has 1 heterocycles. The molecule has 1 saturated heterocycles. The molecule has 1 aliphatic heterocycles. The molecule has 0 bridgehead atoms. The average Bonchev–Trinajstić information content (AvgIpc) is 2.07. The number of hydrogen-bond acceptors (Lipinski definition) is 4. The highest BCUT2D eigenvalue weighted by Crippen LogP contribution is 2.09. The zero-order chi connectivity index (χ0) is 10.4. The lowest BCUT2D eigenvalue weighted by atomic mass is 10.4. The first-order valence-corrected chi connectivity index (χ1v) is 6.58. The molecule has 0 unspecified atom stereocenters. The van der Waals surface area contributed by atoms with Gasteiger partial charge in [0.1, 0.15) is 0 Å². The first-order valence-electron chi connectivity index (χ1n) is 4.76. The van der Waals surface area contributed by atoms with E-state index in [4.69, 9.17) is 4.74 Å². The lowest BCUT2D eigenvalue weighted by Gasteiger charge is -2.26. The SMILES string of the molecule is C=CCCOCCNC1CS(=O)(=O)C1. The van der Waals surface area contributed by atoms with Crippen LogP contribution < -0.4 is 5.32 Å². The highest BCUT2D eigenvalue weighted by Gasteiger charge is 2.32. The first-order chi connectivity index (χ1) is 6.64. The quantitative estimate of drug-likeness (QED) is 0.482. The fraction of sp³-hybridized carbons (Fsp3) is 0.778. The molecule has 0 spiro atoms. The van der Waals surface area contributed by atoms with Gasteiger partial charge in [-0.05, 0) is 6.42 Å². The highest BCUT2D eigenvalue weighted by molar-refractivity contribution is 7.92. The molecule has 0 aromatic rings. The number of ether oxygens (including phenoxy) is 1. The van der Waals surface area contributed by atoms with Crippen LogP contribution in [-0.2, 0) is 14.6 Å². The Hall–Kier alpha value is -0.390. The molecule has 0 aliphatic carbocycles. The maximum atomic E-state index is 10.8. The van der Waals surface area contributed by atoms with E-state index in [2.05, 4.69) is 11.9 Å². The van der Waals surface area contributed by atoms with Crippen molar-refractivity contribution in [2.75, 3.05) is 31.3 Å². The Morgan fingerprint density at radius 3 is 2.71 bits per heavy atom. The van der Waals surface area contributed by atoms with Crippen LogP contribution in [0.25, 0.3) is 0 Å². The Morgan fingerprint density at radius 2 is 2.14 bits per heavy atom. The van der Waals surface area contributed by atoms with Crippen LogP contribution in [0.15, 0.2) is 12.7 Å². The van der Waals surface area contributed by atoms with Gasteiger partial charge < -0.3 is 10.1 Å². The summed E-state index contributed by atoms with van der Waals surface area (Å²) >= 11 is 0. The molecule has 82 valence electrons. The lowest BCUT2D eigenvalue weighted by Crippen LogP contribution is -2.51. The molecule has 1 N–H and O–H groups in total. The minimum absolute atomic E-state index is 0.142. The summed E-state index contributed by atoms with van der Waals surface area (Å²) in [7, 11) is -2.70. The predicted octanol–water partition coefficient (Wildman–Crippen LogP) is -0.0343. The monoisotopic (exact) mass is 219 g/mol. The zero-order valence-electron chi connectivity index (χ0n) is 8.24. The lowest BCUT2D eigenvalue weighted by molar-refractivity contribution is 0.139. The van der Waals surface area contributed by atoms with Gasteiger partial charge in [0.15, 0.2) is 9.84 Å². The van der Waals surface area contributed by atoms with E-state index in [0.29, 0.717) is 13.2 Å². The summed E-state index contributed by atoms with van der Waals surface area (Å²) in [6.07, 6.45) is 2.67. The standard InChI is InChI=1S/C9H17NO3S/c1-2-3-5-13-6-4-10-9-7-14(11,12)8-9/h2,9-10H,1,3-8H2. The van der Waals surface area contributed by atoms with Crippen molar-refractivity contribution in [3.05, 3.63) is 12.7 Å². The number of rotatable bonds is 7. The van der Waals surface area contributed by atoms with Gasteiger partial charge in [-0.25, -0.2) is 8.42 Å². The van der Waals surface area contributed by atoms with E-state index in [1.807, 2.05) is 6.08 Å². The molecule has 14 heavy (non-hydrogen) atoms. The molecule has 0 saturated carbocycles. The van der Waals surface area contributed by atoms with Crippen molar-refractivity contribution >= 4 is 9.84 Å². The van der Waals surface area contributed by atoms with Crippen LogP contribution in [-0.4, -0.2) is 45.7 Å². The van der Waals surface area contributed by atoms with Gasteiger partial charge in [-0.15, -0.1) is 6.58 Å². The van der Waals surface area contributed by atoms with E-state index < -0.39 is 9.84 Å². The van der Waals surface area contributed by atoms with Crippen molar-refractivity contribution in [2.45, 2.75) is 12.5 Å². The molecule has 0 aromatic heterocycles. The van der Waals surface area contributed by atoms with Gasteiger partial charge in [-0.1, -0.05) is 6.08 Å². The van der Waals surface area contributed by atoms with E-state index >= 15 is 0 Å². The third kappa shape index (κ3) is 4.21. The van der Waals surface area contributed by atoms with Gasteiger partial charge in [0.25, 0.3) is 0 Å². The van der Waals surface area contributed by atoms with Crippen molar-refractivity contribution in [3.8, 4) is 0 Å². The molecule has 0 radical (unpaired) electrons. The second kappa shape index (κ2) is 5.48. The summed E-state index contributed by atoms with van der Waals surface area (Å²) < 4.78 is 26.8. The topological polar surface area (TPSA) is 55.4 Å². The summed E-state index contributed by atoms with van der Waals surface area (Å²) in [6.45, 7) is 5.62. The van der Waals surface area contributed by atoms with Crippen LogP contribution in [0.2, 0.25) is 0 Å². The molecule has 4 nitrogen and oxygen atoms in total. The Bertz CT molecular complexity index is 262. The van der Waals surface area contributed by atoms with Crippen LogP contribution in [0.4, 0.5) is 0 Å². The van der Waals surface area contributed by atoms with E-state index in [0.717, 1.165) is 13.0 Å². The van der Waals surface area contributed by atoms with Crippen molar-refractivity contribution in [1.29, 1.82) is 0 Å². The molecule has 0 atom stereocenters. The molecule has 1 aliphatic rings. The minimum atomic E-state index is -2.70. The van der Waals surface area contributed by atoms with Gasteiger partial charge in [0.2, 0.25) is 0 Å². The van der Waals surface area contributed by atoms with Gasteiger partial charge in [-0.3, -0.25) is 0 Å². The van der Waals surface area contributed by atoms with Gasteiger partial charge in [-0.2, -0.15) is 0 Å². The third-order valence-electron chi connectivity index (χ3n) is 2.06. The molecular weight excluding hydrogens is 202 g/mol. The van der Waals surface area contributed by atoms with Crippen LogP contribution in [0.3, 0.4) is 0 Å². The second-order valence-electron chi connectivity index (χ2n) is 3.42. The van der Waals surface area contributed by atoms with Crippen molar-refractivity contribution in [2.24, 2.45) is 0 Å². The van der Waals surface area contributed by atoms with Crippen LogP contribution >= 0.6 is 0 Å². The predicted molar refractivity (Wildman–Crippen MR) is 56.1 cm³/mol. The van der Waals surface area contributed by atoms with Gasteiger partial charge in [0, 0.05) is 12.6 Å². The molecule has 0 amide bonds. The summed E-state index contributed by atoms with van der Waals surface area (Å²) in [4.78, 5) is 0. The molecule has 1 fully saturated rings. The average molecular weight is 219 g/mol. The van der Waals surface area contributed by atoms with Crippen molar-refractivity contribution in [3.63, 3.8) is 0 Å². The van der Waals surface area contributed by atoms with E-state index in [1.54, 1.807) is 0 Å². The molecular formula is C9H17NO3S. The normalized spacial score (nSPS) is 20.3. The number of nitrogens with one attached hydrogen (secondary N) is 1. The fourth-order valence-corrected chi connectivity index (χ4v) is 2.65. The van der Waals surface area contributed by atoms with Crippen LogP contribution in [0, 0.1) is 0 Å². The number of hydrogen-bond donors (Lipinski definition) is 1. The van der Waals surface area contributed by atoms with E-state index in [1.165, 1.54) is 0 Å². The minimum Gasteiger partial charge on any atom is -0.380 e. The van der Waals surface area contributed by atoms with Gasteiger partial charge >= 0.3 is 0 Å². The van der Waals surface area contributed by atoms with Crippen molar-refractivity contribution in [1.82, 2.24) is 5.32 Å².